The first-order valence-corrected chi connectivity index (χ1v) is 6.87. The highest BCUT2D eigenvalue weighted by Crippen LogP contribution is 1.95. The molecule has 1 heterocycles. The highest BCUT2D eigenvalue weighted by molar-refractivity contribution is 5.35. The molecule has 1 aromatic carbocycles. The van der Waals surface area contributed by atoms with Crippen LogP contribution in [0.4, 0.5) is 5.69 Å². The van der Waals surface area contributed by atoms with Gasteiger partial charge in [-0.3, -0.25) is 4.98 Å². The van der Waals surface area contributed by atoms with Crippen LogP contribution in [-0.4, -0.2) is 19.2 Å². The summed E-state index contributed by atoms with van der Waals surface area (Å²) in [6.07, 6.45) is 3.50. The van der Waals surface area contributed by atoms with Crippen molar-refractivity contribution in [3.63, 3.8) is 0 Å². The second kappa shape index (κ2) is 25.9. The summed E-state index contributed by atoms with van der Waals surface area (Å²) in [4.78, 5) is 3.78. The van der Waals surface area contributed by atoms with Gasteiger partial charge in [-0.05, 0) is 24.3 Å². The zero-order valence-corrected chi connectivity index (χ0v) is 13.7. The van der Waals surface area contributed by atoms with Crippen molar-refractivity contribution >= 4 is 5.69 Å². The lowest BCUT2D eigenvalue weighted by Crippen LogP contribution is -1.79. The Kier molecular flexibility index (Phi) is 30.0. The summed E-state index contributed by atoms with van der Waals surface area (Å²) in [5.74, 6) is 0. The van der Waals surface area contributed by atoms with Crippen LogP contribution in [0.1, 0.15) is 27.7 Å². The molecule has 2 N–H and O–H groups in total. The molecule has 3 heteroatoms. The molecule has 20 heavy (non-hydrogen) atoms. The van der Waals surface area contributed by atoms with Gasteiger partial charge < -0.3 is 10.5 Å². The number of nitrogens with two attached hydrogens (primary N) is 1. The van der Waals surface area contributed by atoms with Gasteiger partial charge in [0.05, 0.1) is 0 Å². The first kappa shape index (κ1) is 23.2. The fourth-order valence-electron chi connectivity index (χ4n) is 0.766. The van der Waals surface area contributed by atoms with Crippen molar-refractivity contribution in [2.75, 3.05) is 20.0 Å². The first-order valence-electron chi connectivity index (χ1n) is 6.87. The number of rotatable bonds is 0. The Balaban J connectivity index is -0.000000203. The maximum Gasteiger partial charge on any atom is 0.0351 e. The molecular weight excluding hydrogens is 248 g/mol. The average molecular weight is 278 g/mol. The molecule has 0 aliphatic heterocycles. The highest BCUT2D eigenvalue weighted by atomic mass is 16.4. The third kappa shape index (κ3) is 25.1. The van der Waals surface area contributed by atoms with Gasteiger partial charge >= 0.3 is 0 Å². The summed E-state index contributed by atoms with van der Waals surface area (Å²) in [6, 6.07) is 15.2. The zero-order valence-electron chi connectivity index (χ0n) is 13.7. The topological polar surface area (TPSA) is 48.1 Å². The Morgan fingerprint density at radius 2 is 1.10 bits per heavy atom. The lowest BCUT2D eigenvalue weighted by atomic mass is 10.3. The van der Waals surface area contributed by atoms with E-state index in [-0.39, 0.29) is 0 Å². The number of aromatic nitrogens is 1. The van der Waals surface area contributed by atoms with Crippen LogP contribution in [0.5, 0.6) is 0 Å². The zero-order chi connectivity index (χ0) is 16.1. The quantitative estimate of drug-likeness (QED) is 0.713. The van der Waals surface area contributed by atoms with E-state index >= 15 is 0 Å². The third-order valence-corrected chi connectivity index (χ3v) is 1.37. The summed E-state index contributed by atoms with van der Waals surface area (Å²) in [7, 11) is 3.25. The molecule has 3 nitrogen and oxygen atoms in total. The Bertz CT molecular complexity index is 299. The van der Waals surface area contributed by atoms with Crippen LogP contribution in [0, 0.1) is 0 Å². The first-order chi connectivity index (χ1) is 9.81. The Morgan fingerprint density at radius 1 is 0.750 bits per heavy atom. The van der Waals surface area contributed by atoms with Gasteiger partial charge in [-0.15, -0.1) is 0 Å². The molecular formula is C17H30N2O. The minimum absolute atomic E-state index is 0.822. The SMILES string of the molecule is CC.CC.COC.Nc1ccccc1.c1ccncc1. The van der Waals surface area contributed by atoms with E-state index in [0.29, 0.717) is 0 Å². The second-order valence-corrected chi connectivity index (χ2v) is 2.84. The smallest absolute Gasteiger partial charge is 0.0351 e. The summed E-state index contributed by atoms with van der Waals surface area (Å²) in [5, 5.41) is 0. The molecule has 0 unspecified atom stereocenters. The number of methoxy groups -OCH3 is 1. The summed E-state index contributed by atoms with van der Waals surface area (Å²) < 4.78 is 4.25. The molecule has 0 radical (unpaired) electrons. The maximum absolute atomic E-state index is 5.36. The van der Waals surface area contributed by atoms with Crippen molar-refractivity contribution in [2.45, 2.75) is 27.7 Å². The predicted molar refractivity (Wildman–Crippen MR) is 90.7 cm³/mol. The largest absolute Gasteiger partial charge is 0.399 e. The van der Waals surface area contributed by atoms with Gasteiger partial charge in [0.1, 0.15) is 0 Å². The lowest BCUT2D eigenvalue weighted by molar-refractivity contribution is 0.277. The van der Waals surface area contributed by atoms with Crippen molar-refractivity contribution in [3.05, 3.63) is 60.9 Å². The fraction of sp³-hybridized carbons (Fsp3) is 0.353. The van der Waals surface area contributed by atoms with E-state index in [1.807, 2.05) is 76.2 Å². The van der Waals surface area contributed by atoms with Crippen LogP contribution < -0.4 is 5.73 Å². The van der Waals surface area contributed by atoms with Crippen LogP contribution in [0.25, 0.3) is 0 Å². The van der Waals surface area contributed by atoms with Crippen LogP contribution in [0.2, 0.25) is 0 Å². The second-order valence-electron chi connectivity index (χ2n) is 2.84. The Morgan fingerprint density at radius 3 is 1.25 bits per heavy atom. The van der Waals surface area contributed by atoms with Gasteiger partial charge in [-0.1, -0.05) is 52.0 Å². The standard InChI is InChI=1S/C6H7N.C5H5N.C2H6O.2C2H6/c7-6-4-2-1-3-5-6;1-2-4-6-5-3-1;1-3-2;2*1-2/h1-5H,7H2;1-5H;1-2H3;2*1-2H3. The number of hydrogen-bond acceptors (Lipinski definition) is 3. The predicted octanol–water partition coefficient (Wildman–Crippen LogP) is 4.67. The van der Waals surface area contributed by atoms with E-state index in [1.54, 1.807) is 26.6 Å². The summed E-state index contributed by atoms with van der Waals surface area (Å²) in [6.45, 7) is 8.00. The molecule has 0 saturated heterocycles. The lowest BCUT2D eigenvalue weighted by Gasteiger charge is -1.83. The molecule has 0 amide bonds. The molecule has 0 saturated carbocycles. The summed E-state index contributed by atoms with van der Waals surface area (Å²) >= 11 is 0. The molecule has 0 spiro atoms. The molecule has 0 fully saturated rings. The number of nitrogen functional groups attached to an aromatic ring is 1. The van der Waals surface area contributed by atoms with Gasteiger partial charge in [0, 0.05) is 32.3 Å². The number of pyridine rings is 1. The van der Waals surface area contributed by atoms with E-state index in [4.69, 9.17) is 5.73 Å². The van der Waals surface area contributed by atoms with Crippen LogP contribution in [-0.2, 0) is 4.74 Å². The molecule has 0 bridgehead atoms. The number of benzene rings is 1. The Hall–Kier alpha value is -1.87. The summed E-state index contributed by atoms with van der Waals surface area (Å²) in [5.41, 5.74) is 6.18. The molecule has 114 valence electrons. The highest BCUT2D eigenvalue weighted by Gasteiger charge is 1.72. The van der Waals surface area contributed by atoms with Crippen molar-refractivity contribution in [1.82, 2.24) is 4.98 Å². The van der Waals surface area contributed by atoms with Gasteiger partial charge in [0.2, 0.25) is 0 Å². The molecule has 1 aromatic heterocycles. The van der Waals surface area contributed by atoms with E-state index in [9.17, 15) is 0 Å². The van der Waals surface area contributed by atoms with Gasteiger partial charge in [-0.25, -0.2) is 0 Å². The van der Waals surface area contributed by atoms with Gasteiger partial charge in [0.25, 0.3) is 0 Å². The number of para-hydroxylation sites is 1. The van der Waals surface area contributed by atoms with Gasteiger partial charge in [0.15, 0.2) is 0 Å². The number of anilines is 1. The minimum Gasteiger partial charge on any atom is -0.399 e. The van der Waals surface area contributed by atoms with Crippen LogP contribution in [0.3, 0.4) is 0 Å². The molecule has 0 atom stereocenters. The fourth-order valence-corrected chi connectivity index (χ4v) is 0.766. The number of ether oxygens (including phenoxy) is 1. The van der Waals surface area contributed by atoms with Crippen molar-refractivity contribution in [1.29, 1.82) is 0 Å². The third-order valence-electron chi connectivity index (χ3n) is 1.37. The number of nitrogens with zero attached hydrogens (tertiary/aromatic N) is 1. The van der Waals surface area contributed by atoms with Crippen LogP contribution >= 0.6 is 0 Å². The van der Waals surface area contributed by atoms with E-state index in [2.05, 4.69) is 9.72 Å². The molecule has 2 aromatic rings. The van der Waals surface area contributed by atoms with Crippen molar-refractivity contribution in [3.8, 4) is 0 Å². The van der Waals surface area contributed by atoms with Crippen LogP contribution in [0.15, 0.2) is 60.9 Å². The Labute approximate surface area is 124 Å². The van der Waals surface area contributed by atoms with Crippen molar-refractivity contribution < 1.29 is 4.74 Å². The molecule has 0 aliphatic carbocycles. The van der Waals surface area contributed by atoms with E-state index < -0.39 is 0 Å². The average Bonchev–Trinajstić information content (AvgIpc) is 2.55. The monoisotopic (exact) mass is 278 g/mol. The minimum atomic E-state index is 0.822. The molecule has 2 rings (SSSR count). The van der Waals surface area contributed by atoms with E-state index in [1.165, 1.54) is 0 Å². The normalized spacial score (nSPS) is 6.90. The van der Waals surface area contributed by atoms with Crippen molar-refractivity contribution in [2.24, 2.45) is 0 Å². The van der Waals surface area contributed by atoms with Gasteiger partial charge in [-0.2, -0.15) is 0 Å². The molecule has 0 aliphatic rings. The number of hydrogen-bond donors (Lipinski definition) is 1. The van der Waals surface area contributed by atoms with E-state index in [0.717, 1.165) is 5.69 Å². The maximum atomic E-state index is 5.36.